The van der Waals surface area contributed by atoms with Crippen molar-refractivity contribution in [3.8, 4) is 0 Å². The van der Waals surface area contributed by atoms with E-state index in [0.29, 0.717) is 18.0 Å². The smallest absolute Gasteiger partial charge is 0.183 e. The lowest BCUT2D eigenvalue weighted by molar-refractivity contribution is -0.178. The van der Waals surface area contributed by atoms with Crippen LogP contribution in [0.15, 0.2) is 12.2 Å². The lowest BCUT2D eigenvalue weighted by Crippen LogP contribution is -2.60. The summed E-state index contributed by atoms with van der Waals surface area (Å²) in [5.74, 6) is -0.965. The molecule has 4 aliphatic carbocycles. The second kappa shape index (κ2) is 8.99. The van der Waals surface area contributed by atoms with Gasteiger partial charge < -0.3 is 20.6 Å². The van der Waals surface area contributed by atoms with E-state index in [1.165, 1.54) is 37.0 Å². The molecule has 4 aliphatic rings. The predicted octanol–water partition coefficient (Wildman–Crippen LogP) is 4.05. The van der Waals surface area contributed by atoms with Crippen molar-refractivity contribution in [2.45, 2.75) is 102 Å². The second-order valence-corrected chi connectivity index (χ2v) is 12.7. The molecule has 1 heterocycles. The molecule has 1 aromatic heterocycles. The number of hydrogen-bond donors (Lipinski definition) is 4. The van der Waals surface area contributed by atoms with Crippen LogP contribution in [0.1, 0.15) is 82.2 Å². The molecule has 6 nitrogen and oxygen atoms in total. The Bertz CT molecular complexity index is 956. The number of carbonyl (C=O) groups is 1. The summed E-state index contributed by atoms with van der Waals surface area (Å²) in [6, 6.07) is 0.486. The number of nitrogens with zero attached hydrogens (tertiary/aromatic N) is 1. The van der Waals surface area contributed by atoms with Crippen molar-refractivity contribution >= 4 is 22.3 Å². The number of aromatic nitrogens is 1. The fourth-order valence-electron chi connectivity index (χ4n) is 7.80. The SMILES string of the molecule is C=C1C(=O)C2(C(O)C(O)C3C(C)Cc4sc(NC5CCCCC5)nc4C3C)C(C)CCC1C2O. The van der Waals surface area contributed by atoms with Crippen molar-refractivity contribution < 1.29 is 20.1 Å². The Morgan fingerprint density at radius 3 is 2.53 bits per heavy atom. The summed E-state index contributed by atoms with van der Waals surface area (Å²) in [7, 11) is 0. The Hall–Kier alpha value is -1.28. The quantitative estimate of drug-likeness (QED) is 0.466. The van der Waals surface area contributed by atoms with Gasteiger partial charge in [-0.3, -0.25) is 4.79 Å². The number of carbonyl (C=O) groups excluding carboxylic acids is 1. The Morgan fingerprint density at radius 2 is 1.82 bits per heavy atom. The normalized spacial score (nSPS) is 40.2. The maximum atomic E-state index is 13.4. The number of nitrogens with one attached hydrogen (secondary N) is 1. The van der Waals surface area contributed by atoms with Crippen LogP contribution in [0.2, 0.25) is 0 Å². The topological polar surface area (TPSA) is 103 Å². The molecule has 188 valence electrons. The molecule has 34 heavy (non-hydrogen) atoms. The fraction of sp³-hybridized carbons (Fsp3) is 0.778. The highest BCUT2D eigenvalue weighted by Crippen LogP contribution is 2.58. The van der Waals surface area contributed by atoms with Gasteiger partial charge >= 0.3 is 0 Å². The molecule has 0 aliphatic heterocycles. The van der Waals surface area contributed by atoms with Crippen LogP contribution in [0.4, 0.5) is 5.13 Å². The minimum Gasteiger partial charge on any atom is -0.391 e. The van der Waals surface area contributed by atoms with E-state index in [-0.39, 0.29) is 35.4 Å². The van der Waals surface area contributed by atoms with Gasteiger partial charge in [0, 0.05) is 22.8 Å². The third kappa shape index (κ3) is 3.53. The van der Waals surface area contributed by atoms with Crippen molar-refractivity contribution in [3.63, 3.8) is 0 Å². The van der Waals surface area contributed by atoms with Gasteiger partial charge in [-0.1, -0.05) is 46.6 Å². The lowest BCUT2D eigenvalue weighted by atomic mass is 9.59. The highest BCUT2D eigenvalue weighted by Gasteiger charge is 2.67. The Morgan fingerprint density at radius 1 is 1.12 bits per heavy atom. The monoisotopic (exact) mass is 488 g/mol. The molecule has 9 unspecified atom stereocenters. The summed E-state index contributed by atoms with van der Waals surface area (Å²) >= 11 is 1.73. The number of fused-ring (bicyclic) bond motifs is 3. The zero-order chi connectivity index (χ0) is 24.4. The van der Waals surface area contributed by atoms with Gasteiger partial charge in [0.2, 0.25) is 0 Å². The largest absolute Gasteiger partial charge is 0.391 e. The van der Waals surface area contributed by atoms with Crippen LogP contribution < -0.4 is 5.32 Å². The number of aliphatic hydroxyl groups excluding tert-OH is 3. The maximum absolute atomic E-state index is 13.4. The number of aliphatic hydroxyl groups is 3. The van der Waals surface area contributed by atoms with Crippen LogP contribution in [0.25, 0.3) is 0 Å². The van der Waals surface area contributed by atoms with Gasteiger partial charge in [-0.05, 0) is 55.4 Å². The molecule has 0 spiro atoms. The molecule has 5 rings (SSSR count). The van der Waals surface area contributed by atoms with E-state index in [1.807, 2.05) is 6.92 Å². The van der Waals surface area contributed by atoms with E-state index < -0.39 is 23.7 Å². The molecule has 3 saturated carbocycles. The van der Waals surface area contributed by atoms with E-state index in [4.69, 9.17) is 4.98 Å². The van der Waals surface area contributed by atoms with Gasteiger partial charge in [-0.15, -0.1) is 11.3 Å². The van der Waals surface area contributed by atoms with E-state index in [2.05, 4.69) is 25.7 Å². The predicted molar refractivity (Wildman–Crippen MR) is 134 cm³/mol. The lowest BCUT2D eigenvalue weighted by Gasteiger charge is -2.48. The van der Waals surface area contributed by atoms with Crippen molar-refractivity contribution in [1.82, 2.24) is 4.98 Å². The van der Waals surface area contributed by atoms with Crippen LogP contribution >= 0.6 is 11.3 Å². The summed E-state index contributed by atoms with van der Waals surface area (Å²) in [6.45, 7) is 10.1. The average molecular weight is 489 g/mol. The summed E-state index contributed by atoms with van der Waals surface area (Å²) in [4.78, 5) is 19.6. The molecule has 2 bridgehead atoms. The number of anilines is 1. The molecular weight excluding hydrogens is 448 g/mol. The molecule has 0 aromatic carbocycles. The first-order valence-corrected chi connectivity index (χ1v) is 14.0. The zero-order valence-electron chi connectivity index (χ0n) is 20.7. The van der Waals surface area contributed by atoms with Crippen LogP contribution in [0.5, 0.6) is 0 Å². The van der Waals surface area contributed by atoms with Gasteiger partial charge in [-0.2, -0.15) is 0 Å². The third-order valence-electron chi connectivity index (χ3n) is 9.77. The van der Waals surface area contributed by atoms with E-state index in [1.54, 1.807) is 11.3 Å². The Labute approximate surface area is 206 Å². The van der Waals surface area contributed by atoms with Crippen molar-refractivity contribution in [2.75, 3.05) is 5.32 Å². The molecule has 0 amide bonds. The summed E-state index contributed by atoms with van der Waals surface area (Å²) in [5, 5.41) is 39.0. The standard InChI is InChI=1S/C27H40N2O4S/c1-13-12-19-21(29-26(34-19)28-17-8-6-5-7-9-17)16(4)20(13)22(30)25(33)27-14(2)10-11-18(24(27)32)15(3)23(27)31/h13-14,16-18,20,22,24-25,30,32-33H,3,5-12H2,1-2,4H3,(H,28,29). The first-order valence-electron chi connectivity index (χ1n) is 13.2. The highest BCUT2D eigenvalue weighted by atomic mass is 32.1. The van der Waals surface area contributed by atoms with Gasteiger partial charge in [0.25, 0.3) is 0 Å². The number of thiazole rings is 1. The molecule has 7 heteroatoms. The first kappa shape index (κ1) is 24.4. The zero-order valence-corrected chi connectivity index (χ0v) is 21.5. The summed E-state index contributed by atoms with van der Waals surface area (Å²) < 4.78 is 0. The van der Waals surface area contributed by atoms with Crippen molar-refractivity contribution in [1.29, 1.82) is 0 Å². The molecule has 0 radical (unpaired) electrons. The molecule has 3 fully saturated rings. The van der Waals surface area contributed by atoms with Crippen LogP contribution in [-0.2, 0) is 11.2 Å². The van der Waals surface area contributed by atoms with Crippen molar-refractivity contribution in [2.24, 2.45) is 29.1 Å². The first-order chi connectivity index (χ1) is 16.2. The van der Waals surface area contributed by atoms with E-state index >= 15 is 0 Å². The van der Waals surface area contributed by atoms with E-state index in [0.717, 1.165) is 23.7 Å². The molecule has 0 saturated heterocycles. The fourth-order valence-corrected chi connectivity index (χ4v) is 9.08. The van der Waals surface area contributed by atoms with Crippen LogP contribution in [-0.4, -0.2) is 50.4 Å². The third-order valence-corrected chi connectivity index (χ3v) is 10.8. The van der Waals surface area contributed by atoms with Crippen LogP contribution in [0, 0.1) is 29.1 Å². The molecule has 4 N–H and O–H groups in total. The second-order valence-electron chi connectivity index (χ2n) is 11.6. The van der Waals surface area contributed by atoms with Crippen LogP contribution in [0.3, 0.4) is 0 Å². The van der Waals surface area contributed by atoms with Gasteiger partial charge in [0.1, 0.15) is 0 Å². The number of Topliss-reactive ketones (excluding diaryl/α,β-unsaturated/α-hetero) is 1. The summed E-state index contributed by atoms with van der Waals surface area (Å²) in [6.07, 6.45) is 5.00. The Balaban J connectivity index is 1.40. The molecule has 1 aromatic rings. The maximum Gasteiger partial charge on any atom is 0.183 e. The minimum atomic E-state index is -1.37. The molecular formula is C27H40N2O4S. The summed E-state index contributed by atoms with van der Waals surface area (Å²) in [5.41, 5.74) is 0.0510. The molecule has 9 atom stereocenters. The van der Waals surface area contributed by atoms with E-state index in [9.17, 15) is 20.1 Å². The number of hydrogen-bond acceptors (Lipinski definition) is 7. The highest BCUT2D eigenvalue weighted by molar-refractivity contribution is 7.15. The van der Waals surface area contributed by atoms with Gasteiger partial charge in [0.15, 0.2) is 10.9 Å². The van der Waals surface area contributed by atoms with Gasteiger partial charge in [0.05, 0.1) is 29.4 Å². The minimum absolute atomic E-state index is 0.0514. The van der Waals surface area contributed by atoms with Crippen molar-refractivity contribution in [3.05, 3.63) is 22.7 Å². The van der Waals surface area contributed by atoms with Gasteiger partial charge in [-0.25, -0.2) is 4.98 Å². The number of rotatable bonds is 5. The average Bonchev–Trinajstić information content (AvgIpc) is 3.26. The number of ketones is 1. The Kier molecular flexibility index (Phi) is 6.45.